The molecule has 30 heavy (non-hydrogen) atoms. The van der Waals surface area contributed by atoms with Crippen LogP contribution in [0.2, 0.25) is 0 Å². The Labute approximate surface area is 186 Å². The van der Waals surface area contributed by atoms with Gasteiger partial charge in [0.15, 0.2) is 5.16 Å². The van der Waals surface area contributed by atoms with Gasteiger partial charge in [-0.1, -0.05) is 23.9 Å². The number of nitrogens with zero attached hydrogens (tertiary/aromatic N) is 4. The van der Waals surface area contributed by atoms with Gasteiger partial charge >= 0.3 is 0 Å². The monoisotopic (exact) mass is 444 g/mol. The van der Waals surface area contributed by atoms with Crippen LogP contribution in [0, 0.1) is 6.92 Å². The Morgan fingerprint density at radius 2 is 1.93 bits per heavy atom. The highest BCUT2D eigenvalue weighted by Crippen LogP contribution is 2.30. The van der Waals surface area contributed by atoms with Crippen molar-refractivity contribution in [1.29, 1.82) is 0 Å². The van der Waals surface area contributed by atoms with Crippen LogP contribution < -0.4 is 0 Å². The van der Waals surface area contributed by atoms with Crippen LogP contribution in [0.25, 0.3) is 11.0 Å². The number of aliphatic hydroxyl groups is 1. The smallest absolute Gasteiger partial charge is 0.169 e. The molecule has 0 radical (unpaired) electrons. The van der Waals surface area contributed by atoms with Gasteiger partial charge < -0.3 is 14.4 Å². The van der Waals surface area contributed by atoms with E-state index in [1.165, 1.54) is 10.5 Å². The topological polar surface area (TPSA) is 63.4 Å². The highest BCUT2D eigenvalue weighted by Gasteiger charge is 2.14. The maximum atomic E-state index is 9.48. The Morgan fingerprint density at radius 1 is 1.10 bits per heavy atom. The van der Waals surface area contributed by atoms with E-state index in [1.54, 1.807) is 11.8 Å². The molecule has 1 aromatic carbocycles. The molecule has 8 heteroatoms. The zero-order valence-electron chi connectivity index (χ0n) is 17.3. The lowest BCUT2D eigenvalue weighted by Gasteiger charge is -2.26. The minimum absolute atomic E-state index is 0.0977. The number of aromatic nitrogens is 3. The number of hydrogen-bond acceptors (Lipinski definition) is 7. The number of morpholine rings is 1. The number of fused-ring (bicyclic) bond motifs is 1. The summed E-state index contributed by atoms with van der Waals surface area (Å²) in [7, 11) is 0. The SMILES string of the molecule is Cc1c(SCCN2CCOCC2)ccnc1CSc1nc2ccccc2n1CCO. The number of aliphatic hydroxyl groups excluding tert-OH is 1. The van der Waals surface area contributed by atoms with Gasteiger partial charge in [-0.25, -0.2) is 4.98 Å². The van der Waals surface area contributed by atoms with Crippen molar-refractivity contribution in [3.63, 3.8) is 0 Å². The summed E-state index contributed by atoms with van der Waals surface area (Å²) in [4.78, 5) is 13.2. The van der Waals surface area contributed by atoms with Crippen LogP contribution in [0.3, 0.4) is 0 Å². The first kappa shape index (κ1) is 21.6. The minimum atomic E-state index is 0.0977. The summed E-state index contributed by atoms with van der Waals surface area (Å²) in [5, 5.41) is 10.4. The molecule has 3 heterocycles. The molecule has 4 rings (SSSR count). The molecule has 0 atom stereocenters. The van der Waals surface area contributed by atoms with Crippen molar-refractivity contribution < 1.29 is 9.84 Å². The lowest BCUT2D eigenvalue weighted by Crippen LogP contribution is -2.37. The Hall–Kier alpha value is -1.58. The van der Waals surface area contributed by atoms with Crippen LogP contribution in [0.5, 0.6) is 0 Å². The van der Waals surface area contributed by atoms with Crippen molar-refractivity contribution in [2.24, 2.45) is 0 Å². The van der Waals surface area contributed by atoms with Gasteiger partial charge in [-0.05, 0) is 30.7 Å². The van der Waals surface area contributed by atoms with Crippen LogP contribution in [0.1, 0.15) is 11.3 Å². The number of thioether (sulfide) groups is 2. The van der Waals surface area contributed by atoms with E-state index in [4.69, 9.17) is 9.72 Å². The fourth-order valence-electron chi connectivity index (χ4n) is 3.58. The minimum Gasteiger partial charge on any atom is -0.395 e. The summed E-state index contributed by atoms with van der Waals surface area (Å²) < 4.78 is 7.52. The molecule has 6 nitrogen and oxygen atoms in total. The summed E-state index contributed by atoms with van der Waals surface area (Å²) >= 11 is 3.59. The maximum Gasteiger partial charge on any atom is 0.169 e. The second-order valence-corrected chi connectivity index (χ2v) is 9.31. The number of pyridine rings is 1. The average molecular weight is 445 g/mol. The Balaban J connectivity index is 1.41. The number of rotatable bonds is 9. The fourth-order valence-corrected chi connectivity index (χ4v) is 5.71. The Kier molecular flexibility index (Phi) is 7.67. The molecule has 0 bridgehead atoms. The number of hydrogen-bond donors (Lipinski definition) is 1. The molecular formula is C22H28N4O2S2. The summed E-state index contributed by atoms with van der Waals surface area (Å²) in [5.74, 6) is 1.84. The lowest BCUT2D eigenvalue weighted by molar-refractivity contribution is 0.0410. The average Bonchev–Trinajstić information content (AvgIpc) is 3.13. The predicted molar refractivity (Wildman–Crippen MR) is 123 cm³/mol. The first-order valence-corrected chi connectivity index (χ1v) is 12.3. The van der Waals surface area contributed by atoms with Crippen LogP contribution in [-0.2, 0) is 17.0 Å². The third-order valence-electron chi connectivity index (χ3n) is 5.31. The van der Waals surface area contributed by atoms with Crippen LogP contribution >= 0.6 is 23.5 Å². The van der Waals surface area contributed by atoms with Crippen molar-refractivity contribution in [3.8, 4) is 0 Å². The lowest BCUT2D eigenvalue weighted by atomic mass is 10.2. The third kappa shape index (κ3) is 5.18. The quantitative estimate of drug-likeness (QED) is 0.507. The molecule has 160 valence electrons. The number of benzene rings is 1. The van der Waals surface area contributed by atoms with E-state index in [-0.39, 0.29) is 6.61 Å². The van der Waals surface area contributed by atoms with Crippen molar-refractivity contribution in [3.05, 3.63) is 47.8 Å². The van der Waals surface area contributed by atoms with E-state index < -0.39 is 0 Å². The first-order valence-electron chi connectivity index (χ1n) is 10.3. The number of imidazole rings is 1. The Bertz CT molecular complexity index is 973. The predicted octanol–water partition coefficient (Wildman–Crippen LogP) is 3.45. The number of ether oxygens (including phenoxy) is 1. The van der Waals surface area contributed by atoms with Gasteiger partial charge in [0.1, 0.15) is 0 Å². The fraction of sp³-hybridized carbons (Fsp3) is 0.455. The molecule has 3 aromatic rings. The molecular weight excluding hydrogens is 416 g/mol. The highest BCUT2D eigenvalue weighted by molar-refractivity contribution is 7.99. The summed E-state index contributed by atoms with van der Waals surface area (Å²) in [5.41, 5.74) is 4.37. The molecule has 0 amide bonds. The standard InChI is InChI=1S/C22H28N4O2S2/c1-17-19(23-7-6-21(17)29-15-11-25-9-13-28-14-10-25)16-30-22-24-18-4-2-3-5-20(18)26(22)8-12-27/h2-7,27H,8-16H2,1H3. The second-order valence-electron chi connectivity index (χ2n) is 7.23. The van der Waals surface area contributed by atoms with Crippen molar-refractivity contribution >= 4 is 34.6 Å². The maximum absolute atomic E-state index is 9.48. The number of para-hydroxylation sites is 2. The first-order chi connectivity index (χ1) is 14.8. The normalized spacial score (nSPS) is 15.1. The van der Waals surface area contributed by atoms with Gasteiger partial charge in [0.05, 0.1) is 36.5 Å². The Morgan fingerprint density at radius 3 is 2.77 bits per heavy atom. The van der Waals surface area contributed by atoms with E-state index in [1.807, 2.05) is 36.2 Å². The van der Waals surface area contributed by atoms with E-state index in [2.05, 4.69) is 33.5 Å². The van der Waals surface area contributed by atoms with E-state index in [0.29, 0.717) is 6.54 Å². The van der Waals surface area contributed by atoms with Gasteiger partial charge in [0.25, 0.3) is 0 Å². The van der Waals surface area contributed by atoms with Gasteiger partial charge in [-0.2, -0.15) is 0 Å². The molecule has 0 unspecified atom stereocenters. The van der Waals surface area contributed by atoms with Gasteiger partial charge in [0, 0.05) is 48.8 Å². The molecule has 1 N–H and O–H groups in total. The molecule has 2 aromatic heterocycles. The third-order valence-corrected chi connectivity index (χ3v) is 7.44. The molecule has 1 aliphatic rings. The summed E-state index contributed by atoms with van der Waals surface area (Å²) in [6.07, 6.45) is 1.91. The van der Waals surface area contributed by atoms with E-state index in [0.717, 1.165) is 66.2 Å². The van der Waals surface area contributed by atoms with Crippen molar-refractivity contribution in [1.82, 2.24) is 19.4 Å². The van der Waals surface area contributed by atoms with E-state index in [9.17, 15) is 5.11 Å². The molecule has 1 fully saturated rings. The second kappa shape index (κ2) is 10.6. The highest BCUT2D eigenvalue weighted by atomic mass is 32.2. The van der Waals surface area contributed by atoms with Gasteiger partial charge in [-0.15, -0.1) is 11.8 Å². The summed E-state index contributed by atoms with van der Waals surface area (Å²) in [6.45, 7) is 7.66. The van der Waals surface area contributed by atoms with Crippen LogP contribution in [0.15, 0.2) is 46.6 Å². The van der Waals surface area contributed by atoms with Gasteiger partial charge in [0.2, 0.25) is 0 Å². The zero-order valence-corrected chi connectivity index (χ0v) is 18.9. The van der Waals surface area contributed by atoms with E-state index >= 15 is 0 Å². The summed E-state index contributed by atoms with van der Waals surface area (Å²) in [6, 6.07) is 10.2. The molecule has 1 saturated heterocycles. The van der Waals surface area contributed by atoms with Crippen LogP contribution in [-0.4, -0.2) is 69.7 Å². The molecule has 0 spiro atoms. The molecule has 1 aliphatic heterocycles. The zero-order chi connectivity index (χ0) is 20.8. The largest absolute Gasteiger partial charge is 0.395 e. The van der Waals surface area contributed by atoms with Crippen molar-refractivity contribution in [2.75, 3.05) is 45.2 Å². The molecule has 0 aliphatic carbocycles. The van der Waals surface area contributed by atoms with Crippen LogP contribution in [0.4, 0.5) is 0 Å². The van der Waals surface area contributed by atoms with Gasteiger partial charge in [-0.3, -0.25) is 9.88 Å². The van der Waals surface area contributed by atoms with Crippen molar-refractivity contribution in [2.45, 2.75) is 29.3 Å². The molecule has 0 saturated carbocycles.